The van der Waals surface area contributed by atoms with Crippen molar-refractivity contribution >= 4 is 10.0 Å². The van der Waals surface area contributed by atoms with Crippen LogP contribution in [0.2, 0.25) is 0 Å². The van der Waals surface area contributed by atoms with Crippen molar-refractivity contribution in [3.05, 3.63) is 0 Å². The molecule has 0 spiro atoms. The third-order valence-corrected chi connectivity index (χ3v) is 5.03. The quantitative estimate of drug-likeness (QED) is 0.714. The SMILES string of the molecule is CS(=O)(=O)N1CCN(CC2COCCC2O)CC1. The fourth-order valence-electron chi connectivity index (χ4n) is 2.54. The summed E-state index contributed by atoms with van der Waals surface area (Å²) in [4.78, 5) is 2.21. The molecular weight excluding hydrogens is 256 g/mol. The Kier molecular flexibility index (Phi) is 4.60. The summed E-state index contributed by atoms with van der Waals surface area (Å²) in [6.07, 6.45) is 1.67. The van der Waals surface area contributed by atoms with Crippen LogP contribution >= 0.6 is 0 Å². The van der Waals surface area contributed by atoms with Crippen molar-refractivity contribution in [3.63, 3.8) is 0 Å². The van der Waals surface area contributed by atoms with Gasteiger partial charge in [0, 0.05) is 45.2 Å². The topological polar surface area (TPSA) is 70.1 Å². The minimum Gasteiger partial charge on any atom is -0.393 e. The van der Waals surface area contributed by atoms with Gasteiger partial charge in [-0.3, -0.25) is 0 Å². The molecule has 0 saturated carbocycles. The van der Waals surface area contributed by atoms with Crippen LogP contribution < -0.4 is 0 Å². The van der Waals surface area contributed by atoms with Gasteiger partial charge in [-0.05, 0) is 6.42 Å². The Morgan fingerprint density at radius 1 is 1.28 bits per heavy atom. The van der Waals surface area contributed by atoms with Gasteiger partial charge < -0.3 is 14.7 Å². The number of sulfonamides is 1. The van der Waals surface area contributed by atoms with Gasteiger partial charge in [-0.2, -0.15) is 4.31 Å². The predicted octanol–water partition coefficient (Wildman–Crippen LogP) is -1.04. The zero-order valence-corrected chi connectivity index (χ0v) is 11.6. The number of hydrogen-bond donors (Lipinski definition) is 1. The van der Waals surface area contributed by atoms with Gasteiger partial charge in [0.25, 0.3) is 0 Å². The molecule has 2 unspecified atom stereocenters. The minimum atomic E-state index is -3.06. The molecule has 0 aromatic heterocycles. The lowest BCUT2D eigenvalue weighted by molar-refractivity contribution is -0.0487. The fraction of sp³-hybridized carbons (Fsp3) is 1.00. The normalized spacial score (nSPS) is 32.6. The molecule has 2 aliphatic rings. The highest BCUT2D eigenvalue weighted by atomic mass is 32.2. The van der Waals surface area contributed by atoms with Crippen molar-refractivity contribution in [2.24, 2.45) is 5.92 Å². The van der Waals surface area contributed by atoms with E-state index in [9.17, 15) is 13.5 Å². The van der Waals surface area contributed by atoms with E-state index in [-0.39, 0.29) is 12.0 Å². The highest BCUT2D eigenvalue weighted by molar-refractivity contribution is 7.88. The molecule has 0 amide bonds. The van der Waals surface area contributed by atoms with Crippen LogP contribution in [0, 0.1) is 5.92 Å². The van der Waals surface area contributed by atoms with Crippen LogP contribution in [0.15, 0.2) is 0 Å². The third-order valence-electron chi connectivity index (χ3n) is 3.73. The Balaban J connectivity index is 1.79. The van der Waals surface area contributed by atoms with Gasteiger partial charge in [0.1, 0.15) is 0 Å². The van der Waals surface area contributed by atoms with Crippen LogP contribution in [0.3, 0.4) is 0 Å². The zero-order valence-electron chi connectivity index (χ0n) is 10.8. The molecule has 0 aromatic carbocycles. The molecular formula is C11H22N2O4S. The van der Waals surface area contributed by atoms with E-state index in [2.05, 4.69) is 4.90 Å². The smallest absolute Gasteiger partial charge is 0.211 e. The maximum Gasteiger partial charge on any atom is 0.211 e. The molecule has 2 heterocycles. The van der Waals surface area contributed by atoms with Crippen molar-refractivity contribution in [1.82, 2.24) is 9.21 Å². The van der Waals surface area contributed by atoms with Crippen molar-refractivity contribution in [2.45, 2.75) is 12.5 Å². The van der Waals surface area contributed by atoms with Crippen molar-refractivity contribution < 1.29 is 18.3 Å². The highest BCUT2D eigenvalue weighted by Crippen LogP contribution is 2.17. The number of hydrogen-bond acceptors (Lipinski definition) is 5. The highest BCUT2D eigenvalue weighted by Gasteiger charge is 2.29. The summed E-state index contributed by atoms with van der Waals surface area (Å²) < 4.78 is 29.7. The standard InChI is InChI=1S/C11H22N2O4S/c1-18(15,16)13-5-3-12(4-6-13)8-10-9-17-7-2-11(10)14/h10-11,14H,2-9H2,1H3. The number of piperazine rings is 1. The van der Waals surface area contributed by atoms with Crippen LogP contribution in [0.4, 0.5) is 0 Å². The summed E-state index contributed by atoms with van der Waals surface area (Å²) in [5, 5.41) is 9.87. The molecule has 7 heteroatoms. The second-order valence-electron chi connectivity index (χ2n) is 5.15. The lowest BCUT2D eigenvalue weighted by Crippen LogP contribution is -2.51. The predicted molar refractivity (Wildman–Crippen MR) is 67.8 cm³/mol. The van der Waals surface area contributed by atoms with E-state index in [1.165, 1.54) is 10.6 Å². The number of nitrogens with zero attached hydrogens (tertiary/aromatic N) is 2. The number of ether oxygens (including phenoxy) is 1. The molecule has 2 atom stereocenters. The molecule has 2 rings (SSSR count). The first-order valence-corrected chi connectivity index (χ1v) is 8.25. The molecule has 0 radical (unpaired) electrons. The molecule has 106 valence electrons. The number of aliphatic hydroxyl groups is 1. The maximum atomic E-state index is 11.4. The Labute approximate surface area is 109 Å². The van der Waals surface area contributed by atoms with Gasteiger partial charge in [-0.25, -0.2) is 8.42 Å². The van der Waals surface area contributed by atoms with Crippen LogP contribution in [0.1, 0.15) is 6.42 Å². The van der Waals surface area contributed by atoms with Crippen molar-refractivity contribution in [2.75, 3.05) is 52.2 Å². The van der Waals surface area contributed by atoms with Crippen LogP contribution in [-0.4, -0.2) is 81.0 Å². The molecule has 2 aliphatic heterocycles. The molecule has 6 nitrogen and oxygen atoms in total. The number of rotatable bonds is 3. The average molecular weight is 278 g/mol. The van der Waals surface area contributed by atoms with Gasteiger partial charge in [0.15, 0.2) is 0 Å². The summed E-state index contributed by atoms with van der Waals surface area (Å²) in [7, 11) is -3.06. The van der Waals surface area contributed by atoms with Gasteiger partial charge in [-0.1, -0.05) is 0 Å². The van der Waals surface area contributed by atoms with Gasteiger partial charge >= 0.3 is 0 Å². The average Bonchev–Trinajstić information content (AvgIpc) is 2.32. The minimum absolute atomic E-state index is 0.156. The second-order valence-corrected chi connectivity index (χ2v) is 7.14. The van der Waals surface area contributed by atoms with Gasteiger partial charge in [0.2, 0.25) is 10.0 Å². The number of aliphatic hydroxyl groups excluding tert-OH is 1. The summed E-state index contributed by atoms with van der Waals surface area (Å²) >= 11 is 0. The van der Waals surface area contributed by atoms with Crippen LogP contribution in [0.25, 0.3) is 0 Å². The van der Waals surface area contributed by atoms with E-state index in [1.807, 2.05) is 0 Å². The van der Waals surface area contributed by atoms with Gasteiger partial charge in [-0.15, -0.1) is 0 Å². The summed E-state index contributed by atoms with van der Waals surface area (Å²) in [6, 6.07) is 0. The maximum absolute atomic E-state index is 11.4. The molecule has 2 saturated heterocycles. The lowest BCUT2D eigenvalue weighted by atomic mass is 9.98. The summed E-state index contributed by atoms with van der Waals surface area (Å²) in [5.41, 5.74) is 0. The van der Waals surface area contributed by atoms with E-state index < -0.39 is 10.0 Å². The van der Waals surface area contributed by atoms with Gasteiger partial charge in [0.05, 0.1) is 19.0 Å². The largest absolute Gasteiger partial charge is 0.393 e. The first-order chi connectivity index (χ1) is 8.47. The van der Waals surface area contributed by atoms with Crippen LogP contribution in [0.5, 0.6) is 0 Å². The van der Waals surface area contributed by atoms with Crippen molar-refractivity contribution in [3.8, 4) is 0 Å². The fourth-order valence-corrected chi connectivity index (χ4v) is 3.36. The van der Waals surface area contributed by atoms with E-state index in [0.717, 1.165) is 19.6 Å². The summed E-state index contributed by atoms with van der Waals surface area (Å²) in [5.74, 6) is 0.156. The van der Waals surface area contributed by atoms with Crippen molar-refractivity contribution in [1.29, 1.82) is 0 Å². The zero-order chi connectivity index (χ0) is 13.2. The van der Waals surface area contributed by atoms with Crippen LogP contribution in [-0.2, 0) is 14.8 Å². The monoisotopic (exact) mass is 278 g/mol. The Morgan fingerprint density at radius 2 is 1.94 bits per heavy atom. The summed E-state index contributed by atoms with van der Waals surface area (Å²) in [6.45, 7) is 4.59. The molecule has 0 aromatic rings. The second kappa shape index (κ2) is 5.83. The van der Waals surface area contributed by atoms with E-state index >= 15 is 0 Å². The molecule has 0 bridgehead atoms. The third kappa shape index (κ3) is 3.64. The first-order valence-electron chi connectivity index (χ1n) is 6.40. The Hall–Kier alpha value is -0.210. The van der Waals surface area contributed by atoms with E-state index in [1.54, 1.807) is 0 Å². The van der Waals surface area contributed by atoms with E-state index in [4.69, 9.17) is 4.74 Å². The lowest BCUT2D eigenvalue weighted by Gasteiger charge is -2.37. The first kappa shape index (κ1) is 14.2. The Bertz CT molecular complexity index is 365. The van der Waals surface area contributed by atoms with E-state index in [0.29, 0.717) is 32.7 Å². The molecule has 0 aliphatic carbocycles. The molecule has 2 fully saturated rings. The Morgan fingerprint density at radius 3 is 2.50 bits per heavy atom. The molecule has 1 N–H and O–H groups in total. The molecule has 18 heavy (non-hydrogen) atoms.